The second-order valence-electron chi connectivity index (χ2n) is 17.6. The van der Waals surface area contributed by atoms with Crippen LogP contribution >= 0.6 is 0 Å². The molecule has 274 valence electrons. The molecule has 0 aliphatic heterocycles. The minimum Gasteiger partial charge on any atom is -0.482 e. The second-order valence-corrected chi connectivity index (χ2v) is 27.1. The fourth-order valence-corrected chi connectivity index (χ4v) is 9.95. The fourth-order valence-electron chi connectivity index (χ4n) is 7.14. The predicted molar refractivity (Wildman–Crippen MR) is 201 cm³/mol. The zero-order chi connectivity index (χ0) is 36.2. The number of benzene rings is 1. The van der Waals surface area contributed by atoms with Crippen LogP contribution in [0.1, 0.15) is 105 Å². The third-order valence-corrected chi connectivity index (χ3v) is 21.1. The molecule has 2 aliphatic carbocycles. The van der Waals surface area contributed by atoms with Gasteiger partial charge in [-0.25, -0.2) is 19.1 Å². The molecule has 0 radical (unpaired) electrons. The van der Waals surface area contributed by atoms with E-state index < -0.39 is 28.7 Å². The van der Waals surface area contributed by atoms with Gasteiger partial charge in [-0.2, -0.15) is 0 Å². The van der Waals surface area contributed by atoms with Gasteiger partial charge >= 0.3 is 12.1 Å². The van der Waals surface area contributed by atoms with Crippen molar-refractivity contribution in [3.63, 3.8) is 0 Å². The molecule has 1 fully saturated rings. The van der Waals surface area contributed by atoms with Gasteiger partial charge in [-0.1, -0.05) is 79.9 Å². The van der Waals surface area contributed by atoms with Gasteiger partial charge in [0.1, 0.15) is 12.1 Å². The highest BCUT2D eigenvalue weighted by Crippen LogP contribution is 2.52. The molecule has 8 nitrogen and oxygen atoms in total. The van der Waals surface area contributed by atoms with Crippen LogP contribution < -0.4 is 4.74 Å². The number of hydrogen-bond donors (Lipinski definition) is 0. The van der Waals surface area contributed by atoms with Crippen molar-refractivity contribution >= 4 is 28.7 Å². The van der Waals surface area contributed by atoms with Crippen molar-refractivity contribution in [1.82, 2.24) is 9.55 Å². The van der Waals surface area contributed by atoms with Gasteiger partial charge in [0, 0.05) is 24.6 Å². The number of ether oxygens (including phenoxy) is 2. The van der Waals surface area contributed by atoms with E-state index in [4.69, 9.17) is 18.3 Å². The van der Waals surface area contributed by atoms with Crippen molar-refractivity contribution < 1.29 is 27.9 Å². The Balaban J connectivity index is 1.52. The van der Waals surface area contributed by atoms with Crippen LogP contribution in [0.4, 0.5) is 4.79 Å². The zero-order valence-electron chi connectivity index (χ0n) is 32.3. The Labute approximate surface area is 298 Å². The summed E-state index contributed by atoms with van der Waals surface area (Å²) in [6.07, 6.45) is 13.8. The molecule has 1 heterocycles. The van der Waals surface area contributed by atoms with Gasteiger partial charge < -0.3 is 18.3 Å². The molecule has 0 unspecified atom stereocenters. The highest BCUT2D eigenvalue weighted by Gasteiger charge is 2.50. The number of rotatable bonds is 14. The first-order chi connectivity index (χ1) is 22.8. The van der Waals surface area contributed by atoms with Crippen molar-refractivity contribution in [2.75, 3.05) is 6.61 Å². The monoisotopic (exact) mass is 712 g/mol. The summed E-state index contributed by atoms with van der Waals surface area (Å²) in [6.45, 7) is 25.5. The van der Waals surface area contributed by atoms with Crippen LogP contribution in [0, 0.1) is 17.8 Å². The van der Waals surface area contributed by atoms with Crippen molar-refractivity contribution in [3.8, 4) is 5.75 Å². The maximum absolute atomic E-state index is 12.5. The van der Waals surface area contributed by atoms with Gasteiger partial charge in [0.05, 0.1) is 0 Å². The largest absolute Gasteiger partial charge is 0.482 e. The molecule has 0 bridgehead atoms. The van der Waals surface area contributed by atoms with Gasteiger partial charge in [-0.3, -0.25) is 0 Å². The lowest BCUT2D eigenvalue weighted by Gasteiger charge is -2.42. The summed E-state index contributed by atoms with van der Waals surface area (Å²) in [5.74, 6) is 1.44. The van der Waals surface area contributed by atoms with E-state index >= 15 is 0 Å². The molecule has 2 aliphatic rings. The van der Waals surface area contributed by atoms with Gasteiger partial charge in [0.15, 0.2) is 23.2 Å². The Bertz CT molecular complexity index is 1400. The van der Waals surface area contributed by atoms with Crippen molar-refractivity contribution in [1.29, 1.82) is 0 Å². The number of unbranched alkanes of at least 4 members (excludes halogenated alkanes) is 2. The smallest absolute Gasteiger partial charge is 0.427 e. The summed E-state index contributed by atoms with van der Waals surface area (Å²) < 4.78 is 26.5. The molecule has 0 N–H and O–H groups in total. The molecular formula is C39H64N2O6Si2. The molecule has 5 atom stereocenters. The van der Waals surface area contributed by atoms with E-state index in [1.807, 2.05) is 12.1 Å². The maximum Gasteiger partial charge on any atom is 0.427 e. The lowest BCUT2D eigenvalue weighted by atomic mass is 9.73. The summed E-state index contributed by atoms with van der Waals surface area (Å²) in [4.78, 5) is 28.5. The molecule has 2 aromatic rings. The fraction of sp³-hybridized carbons (Fsp3) is 0.718. The highest BCUT2D eigenvalue weighted by molar-refractivity contribution is 6.74. The van der Waals surface area contributed by atoms with Crippen LogP contribution in [0.15, 0.2) is 36.9 Å². The standard InChI is InChI=1S/C39H64N2O6Si2/c1-12-13-14-17-30(46-48(8,9)38(2,3)4)19-20-31-32-23-28-16-15-18-34(44-26-36(42)45-37(43)41-22-21-40-27-41)33(28)24-29(32)25-35(31)47-49(10,11)39(5,6)7/h15-16,18,21-22,27,29-32,35H,12-14,17,19-20,23-26H2,1-11H3/t29-,30-,31+,32-,35+/m0/s1. The van der Waals surface area contributed by atoms with E-state index in [-0.39, 0.29) is 28.9 Å². The summed E-state index contributed by atoms with van der Waals surface area (Å²) in [6, 6.07) is 6.16. The Hall–Kier alpha value is -2.28. The van der Waals surface area contributed by atoms with Crippen LogP contribution in [-0.4, -0.2) is 57.1 Å². The van der Waals surface area contributed by atoms with E-state index in [9.17, 15) is 9.59 Å². The Morgan fingerprint density at radius 1 is 0.980 bits per heavy atom. The first kappa shape index (κ1) is 39.5. The van der Waals surface area contributed by atoms with Crippen LogP contribution in [0.5, 0.6) is 5.75 Å². The number of carbonyl (C=O) groups is 2. The van der Waals surface area contributed by atoms with Crippen molar-refractivity contribution in [2.24, 2.45) is 17.8 Å². The van der Waals surface area contributed by atoms with Crippen molar-refractivity contribution in [3.05, 3.63) is 48.0 Å². The van der Waals surface area contributed by atoms with E-state index in [2.05, 4.69) is 85.7 Å². The Kier molecular flexibility index (Phi) is 12.9. The first-order valence-electron chi connectivity index (χ1n) is 18.6. The van der Waals surface area contributed by atoms with Crippen LogP contribution in [0.3, 0.4) is 0 Å². The lowest BCUT2D eigenvalue weighted by Crippen LogP contribution is -2.46. The number of carbonyl (C=O) groups excluding carboxylic acids is 2. The molecule has 49 heavy (non-hydrogen) atoms. The molecular weight excluding hydrogens is 649 g/mol. The number of nitrogens with zero attached hydrogens (tertiary/aromatic N) is 2. The molecule has 0 saturated heterocycles. The highest BCUT2D eigenvalue weighted by atomic mass is 28.4. The third kappa shape index (κ3) is 9.95. The van der Waals surface area contributed by atoms with Gasteiger partial charge in [0.25, 0.3) is 0 Å². The van der Waals surface area contributed by atoms with Crippen LogP contribution in [0.2, 0.25) is 36.3 Å². The average molecular weight is 713 g/mol. The molecule has 10 heteroatoms. The maximum atomic E-state index is 12.5. The summed E-state index contributed by atoms with van der Waals surface area (Å²) in [7, 11) is -3.91. The number of aromatic nitrogens is 2. The predicted octanol–water partition coefficient (Wildman–Crippen LogP) is 9.97. The van der Waals surface area contributed by atoms with E-state index in [1.54, 1.807) is 0 Å². The number of imidazole rings is 1. The Morgan fingerprint density at radius 2 is 1.69 bits per heavy atom. The lowest BCUT2D eigenvalue weighted by molar-refractivity contribution is -0.139. The van der Waals surface area contributed by atoms with E-state index in [0.29, 0.717) is 23.5 Å². The third-order valence-electron chi connectivity index (χ3n) is 12.1. The van der Waals surface area contributed by atoms with Crippen LogP contribution in [-0.2, 0) is 31.2 Å². The van der Waals surface area contributed by atoms with E-state index in [0.717, 1.165) is 43.1 Å². The minimum absolute atomic E-state index is 0.136. The minimum atomic E-state index is -2.00. The van der Waals surface area contributed by atoms with Gasteiger partial charge in [-0.05, 0) is 110 Å². The second kappa shape index (κ2) is 15.9. The average Bonchev–Trinajstić information content (AvgIpc) is 3.64. The number of esters is 1. The SMILES string of the molecule is CCCCC[C@@H](CC[C@@H]1[C@H]2Cc3cccc(OCC(=O)OC(=O)n4ccnc4)c3C[C@H]2C[C@H]1O[Si](C)(C)C(C)(C)C)O[Si](C)(C)C(C)(C)C. The molecule has 1 aromatic heterocycles. The van der Waals surface area contributed by atoms with E-state index in [1.165, 1.54) is 49.1 Å². The topological polar surface area (TPSA) is 88.9 Å². The van der Waals surface area contributed by atoms with Gasteiger partial charge in [0.2, 0.25) is 0 Å². The van der Waals surface area contributed by atoms with Crippen LogP contribution in [0.25, 0.3) is 0 Å². The molecule has 1 aromatic carbocycles. The summed E-state index contributed by atoms with van der Waals surface area (Å²) in [5.41, 5.74) is 2.46. The zero-order valence-corrected chi connectivity index (χ0v) is 34.3. The number of fused-ring (bicyclic) bond motifs is 2. The summed E-state index contributed by atoms with van der Waals surface area (Å²) in [5, 5.41) is 0.318. The Morgan fingerprint density at radius 3 is 2.33 bits per heavy atom. The van der Waals surface area contributed by atoms with Crippen molar-refractivity contribution in [2.45, 2.75) is 155 Å². The molecule has 1 saturated carbocycles. The molecule has 0 amide bonds. The quantitative estimate of drug-likeness (QED) is 0.0834. The molecule has 4 rings (SSSR count). The summed E-state index contributed by atoms with van der Waals surface area (Å²) >= 11 is 0. The normalized spacial score (nSPS) is 21.9. The first-order valence-corrected chi connectivity index (χ1v) is 24.5. The number of hydrogen-bond acceptors (Lipinski definition) is 7. The molecule has 0 spiro atoms. The van der Waals surface area contributed by atoms with Gasteiger partial charge in [-0.15, -0.1) is 0 Å².